The molecule has 3 N–H and O–H groups in total. The topological polar surface area (TPSA) is 131 Å². The minimum atomic E-state index is -1.25. The van der Waals surface area contributed by atoms with Gasteiger partial charge >= 0.3 is 5.97 Å². The molecule has 1 aromatic heterocycles. The zero-order chi connectivity index (χ0) is 17.0. The molecular formula is C14H13N3O6. The van der Waals surface area contributed by atoms with Crippen molar-refractivity contribution in [3.05, 3.63) is 45.9 Å². The van der Waals surface area contributed by atoms with E-state index in [4.69, 9.17) is 9.47 Å². The number of rotatable bonds is 5. The fourth-order valence-corrected chi connectivity index (χ4v) is 1.82. The van der Waals surface area contributed by atoms with Crippen LogP contribution in [0.25, 0.3) is 0 Å². The molecule has 0 saturated carbocycles. The number of carbonyl (C=O) groups is 2. The van der Waals surface area contributed by atoms with Crippen LogP contribution >= 0.6 is 0 Å². The van der Waals surface area contributed by atoms with Crippen molar-refractivity contribution in [3.63, 3.8) is 0 Å². The zero-order valence-corrected chi connectivity index (χ0v) is 12.2. The predicted octanol–water partition coefficient (Wildman–Crippen LogP) is 0.738. The Morgan fingerprint density at radius 3 is 2.35 bits per heavy atom. The van der Waals surface area contributed by atoms with Crippen LogP contribution in [-0.2, 0) is 0 Å². The summed E-state index contributed by atoms with van der Waals surface area (Å²) in [7, 11) is 2.75. The Labute approximate surface area is 129 Å². The Balaban J connectivity index is 2.41. The Hall–Kier alpha value is -3.36. The van der Waals surface area contributed by atoms with Gasteiger partial charge in [0.2, 0.25) is 0 Å². The number of ether oxygens (including phenoxy) is 2. The Morgan fingerprint density at radius 1 is 1.17 bits per heavy atom. The summed E-state index contributed by atoms with van der Waals surface area (Å²) in [5.41, 5.74) is -0.705. The van der Waals surface area contributed by atoms with E-state index < -0.39 is 17.4 Å². The molecule has 0 aliphatic carbocycles. The number of carbonyl (C=O) groups excluding carboxylic acids is 1. The number of benzene rings is 1. The number of aromatic nitrogens is 2. The lowest BCUT2D eigenvalue weighted by molar-refractivity contribution is 0.0697. The third-order valence-electron chi connectivity index (χ3n) is 2.91. The number of aromatic carboxylic acids is 1. The van der Waals surface area contributed by atoms with Gasteiger partial charge in [-0.1, -0.05) is 0 Å². The highest BCUT2D eigenvalue weighted by molar-refractivity contribution is 6.07. The van der Waals surface area contributed by atoms with Crippen LogP contribution in [0.15, 0.2) is 29.1 Å². The monoisotopic (exact) mass is 319 g/mol. The first-order chi connectivity index (χ1) is 11.0. The third-order valence-corrected chi connectivity index (χ3v) is 2.91. The number of hydrogen-bond acceptors (Lipinski definition) is 6. The highest BCUT2D eigenvalue weighted by Gasteiger charge is 2.19. The maximum Gasteiger partial charge on any atom is 0.337 e. The standard InChI is InChI=1S/C14H13N3O6/c1-22-10-5-7(14(20)21)9(6-11(10)23-2)15-13(19)8-3-4-12(18)17-16-8/h3-6H,1-2H3,(H,15,19)(H,17,18)(H,20,21). The van der Waals surface area contributed by atoms with E-state index in [0.29, 0.717) is 0 Å². The van der Waals surface area contributed by atoms with Crippen LogP contribution in [0.5, 0.6) is 11.5 Å². The van der Waals surface area contributed by atoms with Crippen molar-refractivity contribution in [3.8, 4) is 11.5 Å². The van der Waals surface area contributed by atoms with E-state index in [0.717, 1.165) is 6.07 Å². The fraction of sp³-hybridized carbons (Fsp3) is 0.143. The number of methoxy groups -OCH3 is 2. The van der Waals surface area contributed by atoms with E-state index in [1.54, 1.807) is 0 Å². The van der Waals surface area contributed by atoms with Gasteiger partial charge in [0.25, 0.3) is 11.5 Å². The Bertz CT molecular complexity index is 794. The van der Waals surface area contributed by atoms with E-state index in [9.17, 15) is 19.5 Å². The lowest BCUT2D eigenvalue weighted by Gasteiger charge is -2.13. The molecule has 0 aliphatic heterocycles. The average Bonchev–Trinajstić information content (AvgIpc) is 2.54. The van der Waals surface area contributed by atoms with Crippen LogP contribution < -0.4 is 20.3 Å². The maximum absolute atomic E-state index is 12.1. The second kappa shape index (κ2) is 6.60. The number of hydrogen-bond donors (Lipinski definition) is 3. The lowest BCUT2D eigenvalue weighted by atomic mass is 10.1. The molecule has 2 aromatic rings. The van der Waals surface area contributed by atoms with Gasteiger partial charge in [-0.05, 0) is 6.07 Å². The molecule has 0 aliphatic rings. The van der Waals surface area contributed by atoms with Gasteiger partial charge in [-0.15, -0.1) is 0 Å². The molecule has 0 radical (unpaired) electrons. The molecule has 0 saturated heterocycles. The van der Waals surface area contributed by atoms with Crippen LogP contribution in [0.2, 0.25) is 0 Å². The van der Waals surface area contributed by atoms with E-state index >= 15 is 0 Å². The summed E-state index contributed by atoms with van der Waals surface area (Å²) in [5, 5.41) is 17.4. The first-order valence-corrected chi connectivity index (χ1v) is 6.32. The molecular weight excluding hydrogens is 306 g/mol. The number of anilines is 1. The predicted molar refractivity (Wildman–Crippen MR) is 79.3 cm³/mol. The van der Waals surface area contributed by atoms with Crippen LogP contribution in [0.3, 0.4) is 0 Å². The van der Waals surface area contributed by atoms with E-state index in [2.05, 4.69) is 15.5 Å². The summed E-state index contributed by atoms with van der Waals surface area (Å²) < 4.78 is 10.1. The minimum absolute atomic E-state index is 0.00755. The van der Waals surface area contributed by atoms with E-state index in [-0.39, 0.29) is 28.4 Å². The number of aromatic amines is 1. The van der Waals surface area contributed by atoms with Gasteiger partial charge < -0.3 is 19.9 Å². The smallest absolute Gasteiger partial charge is 0.337 e. The number of carboxylic acids is 1. The summed E-state index contributed by atoms with van der Waals surface area (Å²) in [5.74, 6) is -1.47. The Kier molecular flexibility index (Phi) is 4.60. The summed E-state index contributed by atoms with van der Waals surface area (Å²) in [6, 6.07) is 4.91. The molecule has 1 heterocycles. The van der Waals surface area contributed by atoms with Crippen molar-refractivity contribution >= 4 is 17.6 Å². The van der Waals surface area contributed by atoms with Crippen molar-refractivity contribution in [2.45, 2.75) is 0 Å². The molecule has 2 rings (SSSR count). The number of carboxylic acid groups (broad SMARTS) is 1. The fourth-order valence-electron chi connectivity index (χ4n) is 1.82. The molecule has 0 fully saturated rings. The largest absolute Gasteiger partial charge is 0.493 e. The van der Waals surface area contributed by atoms with E-state index in [1.165, 1.54) is 32.4 Å². The number of amides is 1. The normalized spacial score (nSPS) is 10.0. The number of nitrogens with one attached hydrogen (secondary N) is 2. The SMILES string of the molecule is COc1cc(NC(=O)c2ccc(=O)[nH]n2)c(C(=O)O)cc1OC. The van der Waals surface area contributed by atoms with Crippen molar-refractivity contribution in [1.29, 1.82) is 0 Å². The molecule has 9 nitrogen and oxygen atoms in total. The molecule has 0 unspecified atom stereocenters. The summed E-state index contributed by atoms with van der Waals surface area (Å²) >= 11 is 0. The molecule has 1 aromatic carbocycles. The van der Waals surface area contributed by atoms with Crippen molar-refractivity contribution in [1.82, 2.24) is 10.2 Å². The van der Waals surface area contributed by atoms with Gasteiger partial charge in [0.15, 0.2) is 11.5 Å². The lowest BCUT2D eigenvalue weighted by Crippen LogP contribution is -2.19. The average molecular weight is 319 g/mol. The number of nitrogens with zero attached hydrogens (tertiary/aromatic N) is 1. The summed E-state index contributed by atoms with van der Waals surface area (Å²) in [4.78, 5) is 34.4. The molecule has 0 bridgehead atoms. The molecule has 9 heteroatoms. The number of H-pyrrole nitrogens is 1. The van der Waals surface area contributed by atoms with E-state index in [1.807, 2.05) is 0 Å². The van der Waals surface area contributed by atoms with Crippen molar-refractivity contribution in [2.75, 3.05) is 19.5 Å². The van der Waals surface area contributed by atoms with Crippen molar-refractivity contribution in [2.24, 2.45) is 0 Å². The zero-order valence-electron chi connectivity index (χ0n) is 12.2. The van der Waals surface area contributed by atoms with Crippen LogP contribution in [0, 0.1) is 0 Å². The maximum atomic E-state index is 12.1. The van der Waals surface area contributed by atoms with Crippen LogP contribution in [0.4, 0.5) is 5.69 Å². The van der Waals surface area contributed by atoms with Gasteiger partial charge in [0.05, 0.1) is 25.5 Å². The first kappa shape index (κ1) is 16.0. The molecule has 0 atom stereocenters. The van der Waals surface area contributed by atoms with Crippen LogP contribution in [0.1, 0.15) is 20.8 Å². The van der Waals surface area contributed by atoms with Gasteiger partial charge in [-0.25, -0.2) is 9.89 Å². The minimum Gasteiger partial charge on any atom is -0.493 e. The van der Waals surface area contributed by atoms with Gasteiger partial charge in [0, 0.05) is 18.2 Å². The molecule has 23 heavy (non-hydrogen) atoms. The van der Waals surface area contributed by atoms with Crippen LogP contribution in [-0.4, -0.2) is 41.4 Å². The van der Waals surface area contributed by atoms with Gasteiger partial charge in [-0.3, -0.25) is 9.59 Å². The third kappa shape index (κ3) is 3.46. The highest BCUT2D eigenvalue weighted by Crippen LogP contribution is 2.33. The van der Waals surface area contributed by atoms with Crippen molar-refractivity contribution < 1.29 is 24.2 Å². The van der Waals surface area contributed by atoms with Gasteiger partial charge in [0.1, 0.15) is 5.69 Å². The van der Waals surface area contributed by atoms with Gasteiger partial charge in [-0.2, -0.15) is 5.10 Å². The summed E-state index contributed by atoms with van der Waals surface area (Å²) in [6.07, 6.45) is 0. The second-order valence-corrected chi connectivity index (χ2v) is 4.32. The molecule has 1 amide bonds. The second-order valence-electron chi connectivity index (χ2n) is 4.32. The highest BCUT2D eigenvalue weighted by atomic mass is 16.5. The summed E-state index contributed by atoms with van der Waals surface area (Å²) in [6.45, 7) is 0. The Morgan fingerprint density at radius 2 is 1.83 bits per heavy atom. The molecule has 0 spiro atoms. The quantitative estimate of drug-likeness (QED) is 0.740. The first-order valence-electron chi connectivity index (χ1n) is 6.32. The molecule has 120 valence electrons.